The van der Waals surface area contributed by atoms with Gasteiger partial charge in [0.2, 0.25) is 0 Å². The van der Waals surface area contributed by atoms with Crippen molar-refractivity contribution in [2.45, 2.75) is 12.5 Å². The number of methoxy groups -OCH3 is 2. The van der Waals surface area contributed by atoms with E-state index in [-0.39, 0.29) is 0 Å². The zero-order valence-electron chi connectivity index (χ0n) is 10.7. The van der Waals surface area contributed by atoms with Crippen molar-refractivity contribution in [3.8, 4) is 5.75 Å². The Labute approximate surface area is 106 Å². The molecule has 1 N–H and O–H groups in total. The highest BCUT2D eigenvalue weighted by Gasteiger charge is 2.14. The number of aliphatic hydroxyl groups excluding tert-OH is 1. The lowest BCUT2D eigenvalue weighted by Crippen LogP contribution is -2.08. The molecule has 0 heterocycles. The highest BCUT2D eigenvalue weighted by Crippen LogP contribution is 2.27. The first-order chi connectivity index (χ1) is 8.69. The van der Waals surface area contributed by atoms with Crippen LogP contribution in [0.4, 0.5) is 4.39 Å². The molecule has 5 heteroatoms. The molecule has 0 aliphatic heterocycles. The standard InChI is InChI=1S/C13H19FO4/c1-16-7-8-18-6-5-12(15)11-9-10(14)3-4-13(11)17-2/h3-4,9,12,15H,5-8H2,1-2H3. The molecule has 1 aromatic carbocycles. The predicted octanol–water partition coefficient (Wildman–Crippen LogP) is 1.92. The molecule has 0 radical (unpaired) electrons. The van der Waals surface area contributed by atoms with Gasteiger partial charge in [0.1, 0.15) is 11.6 Å². The monoisotopic (exact) mass is 258 g/mol. The molecular weight excluding hydrogens is 239 g/mol. The molecule has 1 aromatic rings. The van der Waals surface area contributed by atoms with Crippen LogP contribution in [0.2, 0.25) is 0 Å². The summed E-state index contributed by atoms with van der Waals surface area (Å²) in [6.07, 6.45) is -0.429. The fraction of sp³-hybridized carbons (Fsp3) is 0.538. The molecule has 0 saturated heterocycles. The van der Waals surface area contributed by atoms with Gasteiger partial charge < -0.3 is 19.3 Å². The van der Waals surface area contributed by atoms with Gasteiger partial charge in [-0.3, -0.25) is 0 Å². The summed E-state index contributed by atoms with van der Waals surface area (Å²) in [6, 6.07) is 4.07. The number of rotatable bonds is 8. The normalized spacial score (nSPS) is 12.4. The molecule has 0 saturated carbocycles. The van der Waals surface area contributed by atoms with Crippen LogP contribution in [0.25, 0.3) is 0 Å². The number of hydrogen-bond acceptors (Lipinski definition) is 4. The third-order valence-electron chi connectivity index (χ3n) is 2.52. The van der Waals surface area contributed by atoms with Crippen LogP contribution in [-0.4, -0.2) is 39.1 Å². The van der Waals surface area contributed by atoms with Gasteiger partial charge >= 0.3 is 0 Å². The maximum Gasteiger partial charge on any atom is 0.124 e. The third-order valence-corrected chi connectivity index (χ3v) is 2.52. The molecule has 0 aliphatic carbocycles. The highest BCUT2D eigenvalue weighted by molar-refractivity contribution is 5.35. The largest absolute Gasteiger partial charge is 0.496 e. The van der Waals surface area contributed by atoms with Crippen molar-refractivity contribution >= 4 is 0 Å². The SMILES string of the molecule is COCCOCCC(O)c1cc(F)ccc1OC. The molecule has 0 fully saturated rings. The zero-order chi connectivity index (χ0) is 13.4. The molecular formula is C13H19FO4. The topological polar surface area (TPSA) is 47.9 Å². The number of aliphatic hydroxyl groups is 1. The lowest BCUT2D eigenvalue weighted by Gasteiger charge is -2.15. The molecule has 0 spiro atoms. The van der Waals surface area contributed by atoms with E-state index in [1.807, 2.05) is 0 Å². The zero-order valence-corrected chi connectivity index (χ0v) is 10.7. The van der Waals surface area contributed by atoms with Crippen molar-refractivity contribution in [1.29, 1.82) is 0 Å². The summed E-state index contributed by atoms with van der Waals surface area (Å²) in [4.78, 5) is 0. The summed E-state index contributed by atoms with van der Waals surface area (Å²) in [5, 5.41) is 9.96. The van der Waals surface area contributed by atoms with Gasteiger partial charge in [-0.15, -0.1) is 0 Å². The fourth-order valence-corrected chi connectivity index (χ4v) is 1.56. The highest BCUT2D eigenvalue weighted by atomic mass is 19.1. The van der Waals surface area contributed by atoms with Crippen molar-refractivity contribution in [3.05, 3.63) is 29.6 Å². The average Bonchev–Trinajstić information content (AvgIpc) is 2.38. The first-order valence-corrected chi connectivity index (χ1v) is 5.77. The second-order valence-corrected chi connectivity index (χ2v) is 3.80. The van der Waals surface area contributed by atoms with Crippen molar-refractivity contribution in [1.82, 2.24) is 0 Å². The summed E-state index contributed by atoms with van der Waals surface area (Å²) >= 11 is 0. The van der Waals surface area contributed by atoms with Crippen LogP contribution in [0, 0.1) is 5.82 Å². The Morgan fingerprint density at radius 3 is 2.67 bits per heavy atom. The van der Waals surface area contributed by atoms with Crippen LogP contribution < -0.4 is 4.74 Å². The molecule has 0 aliphatic rings. The van der Waals surface area contributed by atoms with Crippen molar-refractivity contribution < 1.29 is 23.7 Å². The Bertz CT molecular complexity index is 357. The van der Waals surface area contributed by atoms with Gasteiger partial charge in [0.25, 0.3) is 0 Å². The minimum absolute atomic E-state index is 0.378. The smallest absolute Gasteiger partial charge is 0.124 e. The van der Waals surface area contributed by atoms with Crippen molar-refractivity contribution in [2.24, 2.45) is 0 Å². The van der Waals surface area contributed by atoms with E-state index >= 15 is 0 Å². The summed E-state index contributed by atoms with van der Waals surface area (Å²) in [5.41, 5.74) is 0.438. The van der Waals surface area contributed by atoms with Crippen LogP contribution in [0.15, 0.2) is 18.2 Å². The minimum atomic E-state index is -0.807. The quantitative estimate of drug-likeness (QED) is 0.724. The van der Waals surface area contributed by atoms with E-state index in [4.69, 9.17) is 14.2 Å². The van der Waals surface area contributed by atoms with E-state index in [1.54, 1.807) is 7.11 Å². The molecule has 18 heavy (non-hydrogen) atoms. The summed E-state index contributed by atoms with van der Waals surface area (Å²) in [5.74, 6) is 0.0749. The van der Waals surface area contributed by atoms with Gasteiger partial charge in [0, 0.05) is 25.7 Å². The summed E-state index contributed by atoms with van der Waals surface area (Å²) < 4.78 is 28.3. The number of hydrogen-bond donors (Lipinski definition) is 1. The summed E-state index contributed by atoms with van der Waals surface area (Å²) in [7, 11) is 3.08. The van der Waals surface area contributed by atoms with Crippen LogP contribution in [0.3, 0.4) is 0 Å². The molecule has 0 bridgehead atoms. The summed E-state index contributed by atoms with van der Waals surface area (Å²) in [6.45, 7) is 1.37. The molecule has 1 unspecified atom stereocenters. The molecule has 102 valence electrons. The predicted molar refractivity (Wildman–Crippen MR) is 65.2 cm³/mol. The second-order valence-electron chi connectivity index (χ2n) is 3.80. The first kappa shape index (κ1) is 14.9. The van der Waals surface area contributed by atoms with E-state index in [9.17, 15) is 9.50 Å². The van der Waals surface area contributed by atoms with Crippen LogP contribution in [-0.2, 0) is 9.47 Å². The van der Waals surface area contributed by atoms with E-state index in [1.165, 1.54) is 25.3 Å². The third kappa shape index (κ3) is 4.60. The van der Waals surface area contributed by atoms with Gasteiger partial charge in [-0.2, -0.15) is 0 Å². The average molecular weight is 258 g/mol. The van der Waals surface area contributed by atoms with Gasteiger partial charge in [-0.25, -0.2) is 4.39 Å². The second kappa shape index (κ2) is 8.02. The number of ether oxygens (including phenoxy) is 3. The molecule has 4 nitrogen and oxygen atoms in total. The minimum Gasteiger partial charge on any atom is -0.496 e. The van der Waals surface area contributed by atoms with Gasteiger partial charge in [0.05, 0.1) is 26.4 Å². The van der Waals surface area contributed by atoms with Crippen LogP contribution in [0.1, 0.15) is 18.1 Å². The molecule has 0 amide bonds. The Morgan fingerprint density at radius 2 is 2.00 bits per heavy atom. The first-order valence-electron chi connectivity index (χ1n) is 5.77. The number of benzene rings is 1. The van der Waals surface area contributed by atoms with Crippen LogP contribution in [0.5, 0.6) is 5.75 Å². The maximum atomic E-state index is 13.1. The van der Waals surface area contributed by atoms with Gasteiger partial charge in [-0.05, 0) is 18.2 Å². The van der Waals surface area contributed by atoms with E-state index in [2.05, 4.69) is 0 Å². The Morgan fingerprint density at radius 1 is 1.22 bits per heavy atom. The lowest BCUT2D eigenvalue weighted by atomic mass is 10.1. The van der Waals surface area contributed by atoms with Crippen molar-refractivity contribution in [3.63, 3.8) is 0 Å². The van der Waals surface area contributed by atoms with Crippen molar-refractivity contribution in [2.75, 3.05) is 34.0 Å². The molecule has 1 atom stereocenters. The Kier molecular flexibility index (Phi) is 6.64. The van der Waals surface area contributed by atoms with Crippen LogP contribution >= 0.6 is 0 Å². The van der Waals surface area contributed by atoms with E-state index in [0.29, 0.717) is 37.6 Å². The molecule has 1 rings (SSSR count). The van der Waals surface area contributed by atoms with Gasteiger partial charge in [0.15, 0.2) is 0 Å². The lowest BCUT2D eigenvalue weighted by molar-refractivity contribution is 0.0470. The maximum absolute atomic E-state index is 13.1. The molecule has 0 aromatic heterocycles. The van der Waals surface area contributed by atoms with E-state index in [0.717, 1.165) is 0 Å². The Hall–Kier alpha value is -1.17. The van der Waals surface area contributed by atoms with E-state index < -0.39 is 11.9 Å². The number of halogens is 1. The van der Waals surface area contributed by atoms with Gasteiger partial charge in [-0.1, -0.05) is 0 Å². The Balaban J connectivity index is 2.49. The fourth-order valence-electron chi connectivity index (χ4n) is 1.56.